The lowest BCUT2D eigenvalue weighted by atomic mass is 9.87. The molecule has 0 radical (unpaired) electrons. The third-order valence-electron chi connectivity index (χ3n) is 3.95. The van der Waals surface area contributed by atoms with Crippen LogP contribution in [0.4, 0.5) is 0 Å². The van der Waals surface area contributed by atoms with Gasteiger partial charge in [-0.25, -0.2) is 0 Å². The second-order valence-corrected chi connectivity index (χ2v) is 4.88. The van der Waals surface area contributed by atoms with E-state index >= 15 is 0 Å². The minimum Gasteiger partial charge on any atom is -0.392 e. The Hall–Kier alpha value is -0.160. The molecule has 0 aromatic carbocycles. The van der Waals surface area contributed by atoms with Crippen molar-refractivity contribution in [1.82, 2.24) is 0 Å². The van der Waals surface area contributed by atoms with Gasteiger partial charge in [-0.05, 0) is 31.1 Å². The van der Waals surface area contributed by atoms with Crippen LogP contribution in [0.1, 0.15) is 19.3 Å². The molecule has 4 nitrogen and oxygen atoms in total. The predicted octanol–water partition coefficient (Wildman–Crippen LogP) is 1.03. The average Bonchev–Trinajstić information content (AvgIpc) is 2.86. The largest absolute Gasteiger partial charge is 0.392 e. The third kappa shape index (κ3) is 2.74. The molecular formula is C12H22O4. The number of aliphatic hydroxyl groups excluding tert-OH is 1. The molecule has 0 aliphatic heterocycles. The van der Waals surface area contributed by atoms with Crippen molar-refractivity contribution in [3.63, 3.8) is 0 Å². The lowest BCUT2D eigenvalue weighted by Crippen LogP contribution is -2.31. The summed E-state index contributed by atoms with van der Waals surface area (Å²) in [5, 5.41) is 9.98. The number of fused-ring (bicyclic) bond motifs is 2. The van der Waals surface area contributed by atoms with Gasteiger partial charge in [-0.3, -0.25) is 0 Å². The fourth-order valence-corrected chi connectivity index (χ4v) is 3.06. The summed E-state index contributed by atoms with van der Waals surface area (Å²) in [5.41, 5.74) is 0. The number of hydrogen-bond acceptors (Lipinski definition) is 4. The summed E-state index contributed by atoms with van der Waals surface area (Å²) < 4.78 is 15.5. The number of methoxy groups -OCH3 is 1. The monoisotopic (exact) mass is 230 g/mol. The minimum absolute atomic E-state index is 0.141. The maximum atomic E-state index is 9.98. The first-order valence-electron chi connectivity index (χ1n) is 6.15. The van der Waals surface area contributed by atoms with Crippen LogP contribution in [-0.2, 0) is 14.2 Å². The smallest absolute Gasteiger partial charge is 0.146 e. The zero-order chi connectivity index (χ0) is 11.4. The maximum absolute atomic E-state index is 9.98. The Morgan fingerprint density at radius 1 is 1.12 bits per heavy atom. The zero-order valence-corrected chi connectivity index (χ0v) is 9.93. The highest BCUT2D eigenvalue weighted by molar-refractivity contribution is 4.96. The van der Waals surface area contributed by atoms with Crippen molar-refractivity contribution in [2.75, 3.05) is 33.7 Å². The lowest BCUT2D eigenvalue weighted by molar-refractivity contribution is -0.0924. The van der Waals surface area contributed by atoms with E-state index in [1.54, 1.807) is 7.11 Å². The molecule has 94 valence electrons. The molecule has 0 amide bonds. The molecule has 0 spiro atoms. The summed E-state index contributed by atoms with van der Waals surface area (Å²) in [7, 11) is 1.65. The van der Waals surface area contributed by atoms with Gasteiger partial charge < -0.3 is 19.3 Å². The van der Waals surface area contributed by atoms with Crippen molar-refractivity contribution < 1.29 is 19.3 Å². The van der Waals surface area contributed by atoms with E-state index in [0.29, 0.717) is 44.4 Å². The van der Waals surface area contributed by atoms with Gasteiger partial charge in [0, 0.05) is 13.0 Å². The van der Waals surface area contributed by atoms with Crippen molar-refractivity contribution in [2.24, 2.45) is 17.8 Å². The van der Waals surface area contributed by atoms with Crippen molar-refractivity contribution in [1.29, 1.82) is 0 Å². The van der Waals surface area contributed by atoms with E-state index in [-0.39, 0.29) is 6.10 Å². The Kier molecular flexibility index (Phi) is 4.58. The van der Waals surface area contributed by atoms with Gasteiger partial charge in [0.1, 0.15) is 6.79 Å². The van der Waals surface area contributed by atoms with Gasteiger partial charge in [-0.15, -0.1) is 0 Å². The molecule has 0 unspecified atom stereocenters. The SMILES string of the molecule is COCCOCOC[C@@H]1[C@@H]2CC[C@@H](C2)[C@H]1O. The quantitative estimate of drug-likeness (QED) is 0.524. The molecule has 4 heteroatoms. The molecular weight excluding hydrogens is 208 g/mol. The third-order valence-corrected chi connectivity index (χ3v) is 3.95. The molecule has 2 aliphatic rings. The number of ether oxygens (including phenoxy) is 3. The number of hydrogen-bond donors (Lipinski definition) is 1. The Morgan fingerprint density at radius 2 is 1.94 bits per heavy atom. The second-order valence-electron chi connectivity index (χ2n) is 4.88. The topological polar surface area (TPSA) is 47.9 Å². The molecule has 1 N–H and O–H groups in total. The fraction of sp³-hybridized carbons (Fsp3) is 1.00. The van der Waals surface area contributed by atoms with Gasteiger partial charge >= 0.3 is 0 Å². The van der Waals surface area contributed by atoms with Crippen molar-refractivity contribution in [2.45, 2.75) is 25.4 Å². The van der Waals surface area contributed by atoms with E-state index in [0.717, 1.165) is 0 Å². The van der Waals surface area contributed by atoms with E-state index < -0.39 is 0 Å². The van der Waals surface area contributed by atoms with Crippen molar-refractivity contribution in [3.05, 3.63) is 0 Å². The van der Waals surface area contributed by atoms with Gasteiger partial charge in [0.15, 0.2) is 0 Å². The molecule has 2 bridgehead atoms. The van der Waals surface area contributed by atoms with E-state index in [1.165, 1.54) is 19.3 Å². The van der Waals surface area contributed by atoms with Crippen LogP contribution in [-0.4, -0.2) is 44.9 Å². The normalized spacial score (nSPS) is 37.1. The van der Waals surface area contributed by atoms with E-state index in [9.17, 15) is 5.11 Å². The Bertz CT molecular complexity index is 207. The van der Waals surface area contributed by atoms with Gasteiger partial charge in [0.2, 0.25) is 0 Å². The summed E-state index contributed by atoms with van der Waals surface area (Å²) in [4.78, 5) is 0. The zero-order valence-electron chi connectivity index (χ0n) is 9.93. The molecule has 0 aromatic rings. The number of rotatable bonds is 7. The van der Waals surface area contributed by atoms with Crippen molar-refractivity contribution >= 4 is 0 Å². The van der Waals surface area contributed by atoms with Gasteiger partial charge in [0.05, 0.1) is 25.9 Å². The van der Waals surface area contributed by atoms with Crippen LogP contribution in [0.2, 0.25) is 0 Å². The Balaban J connectivity index is 1.56. The summed E-state index contributed by atoms with van der Waals surface area (Å²) >= 11 is 0. The highest BCUT2D eigenvalue weighted by Crippen LogP contribution is 2.48. The summed E-state index contributed by atoms with van der Waals surface area (Å²) in [6.07, 6.45) is 3.52. The van der Waals surface area contributed by atoms with E-state index in [4.69, 9.17) is 14.2 Å². The van der Waals surface area contributed by atoms with Crippen LogP contribution >= 0.6 is 0 Å². The van der Waals surface area contributed by atoms with E-state index in [2.05, 4.69) is 0 Å². The predicted molar refractivity (Wildman–Crippen MR) is 59.0 cm³/mol. The molecule has 0 aromatic heterocycles. The Morgan fingerprint density at radius 3 is 2.62 bits per heavy atom. The fourth-order valence-electron chi connectivity index (χ4n) is 3.06. The molecule has 2 fully saturated rings. The van der Waals surface area contributed by atoms with Crippen LogP contribution in [0.5, 0.6) is 0 Å². The van der Waals surface area contributed by atoms with E-state index in [1.807, 2.05) is 0 Å². The molecule has 16 heavy (non-hydrogen) atoms. The standard InChI is InChI=1S/C12H22O4/c1-14-4-5-15-8-16-7-11-9-2-3-10(6-9)12(11)13/h9-13H,2-8H2,1H3/t9-,10+,11-,12-/m1/s1. The van der Waals surface area contributed by atoms with Crippen LogP contribution < -0.4 is 0 Å². The van der Waals surface area contributed by atoms with Crippen LogP contribution in [0.3, 0.4) is 0 Å². The first-order valence-corrected chi connectivity index (χ1v) is 6.15. The molecule has 2 saturated carbocycles. The number of aliphatic hydroxyl groups is 1. The summed E-state index contributed by atoms with van der Waals surface area (Å²) in [6, 6.07) is 0. The van der Waals surface area contributed by atoms with Gasteiger partial charge in [-0.2, -0.15) is 0 Å². The Labute approximate surface area is 96.9 Å². The van der Waals surface area contributed by atoms with Crippen LogP contribution in [0.25, 0.3) is 0 Å². The summed E-state index contributed by atoms with van der Waals surface area (Å²) in [5.74, 6) is 1.55. The molecule has 2 rings (SSSR count). The average molecular weight is 230 g/mol. The molecule has 2 aliphatic carbocycles. The first-order chi connectivity index (χ1) is 7.83. The minimum atomic E-state index is -0.141. The van der Waals surface area contributed by atoms with Gasteiger partial charge in [0.25, 0.3) is 0 Å². The lowest BCUT2D eigenvalue weighted by Gasteiger charge is -2.26. The molecule has 0 heterocycles. The van der Waals surface area contributed by atoms with Crippen LogP contribution in [0.15, 0.2) is 0 Å². The summed E-state index contributed by atoms with van der Waals surface area (Å²) in [6.45, 7) is 2.11. The molecule has 4 atom stereocenters. The maximum Gasteiger partial charge on any atom is 0.146 e. The van der Waals surface area contributed by atoms with Crippen LogP contribution in [0, 0.1) is 17.8 Å². The highest BCUT2D eigenvalue weighted by Gasteiger charge is 2.46. The first kappa shape index (κ1) is 12.3. The van der Waals surface area contributed by atoms with Gasteiger partial charge in [-0.1, -0.05) is 0 Å². The molecule has 0 saturated heterocycles. The highest BCUT2D eigenvalue weighted by atomic mass is 16.7. The second kappa shape index (κ2) is 5.96. The van der Waals surface area contributed by atoms with Crippen molar-refractivity contribution in [3.8, 4) is 0 Å².